The molecule has 1 saturated heterocycles. The Morgan fingerprint density at radius 1 is 0.889 bits per heavy atom. The van der Waals surface area contributed by atoms with E-state index in [1.807, 2.05) is 0 Å². The average molecular weight is 271 g/mol. The van der Waals surface area contributed by atoms with Crippen LogP contribution in [0.4, 0.5) is 0 Å². The molecule has 0 unspecified atom stereocenters. The molecule has 1 saturated carbocycles. The smallest absolute Gasteiger partial charge is 0.120 e. The Kier molecular flexibility index (Phi) is 4.70. The minimum Gasteiger partial charge on any atom is -0.256 e. The summed E-state index contributed by atoms with van der Waals surface area (Å²) in [5.74, 6) is 0. The summed E-state index contributed by atoms with van der Waals surface area (Å²) in [6.07, 6.45) is 5.64. The zero-order valence-corrected chi connectivity index (χ0v) is 13.8. The van der Waals surface area contributed by atoms with Gasteiger partial charge in [0.15, 0.2) is 0 Å². The average Bonchev–Trinajstić information content (AvgIpc) is 2.55. The molecule has 2 atom stereocenters. The lowest BCUT2D eigenvalue weighted by molar-refractivity contribution is 0.233. The molecule has 2 fully saturated rings. The minimum absolute atomic E-state index is 0.260. The maximum absolute atomic E-state index is 2.72. The van der Waals surface area contributed by atoms with Crippen LogP contribution in [0.5, 0.6) is 0 Å². The molecular formula is C14H30N3P. The Hall–Kier alpha value is 0.310. The fourth-order valence-electron chi connectivity index (χ4n) is 3.79. The van der Waals surface area contributed by atoms with Crippen LogP contribution in [0, 0.1) is 0 Å². The van der Waals surface area contributed by atoms with Crippen molar-refractivity contribution in [2.45, 2.75) is 77.5 Å². The van der Waals surface area contributed by atoms with Crippen molar-refractivity contribution in [3.63, 3.8) is 0 Å². The Bertz CT molecular complexity index is 256. The van der Waals surface area contributed by atoms with E-state index in [1.54, 1.807) is 0 Å². The summed E-state index contributed by atoms with van der Waals surface area (Å²) >= 11 is 0. The molecule has 0 aromatic heterocycles. The second kappa shape index (κ2) is 5.75. The van der Waals surface area contributed by atoms with E-state index in [9.17, 15) is 0 Å². The third-order valence-electron chi connectivity index (χ3n) is 4.48. The number of hydrogen-bond acceptors (Lipinski definition) is 3. The Balaban J connectivity index is 2.21. The second-order valence-corrected chi connectivity index (χ2v) is 8.66. The maximum Gasteiger partial charge on any atom is 0.120 e. The molecule has 1 heterocycles. The predicted octanol–water partition coefficient (Wildman–Crippen LogP) is 3.52. The van der Waals surface area contributed by atoms with Crippen LogP contribution in [0.2, 0.25) is 0 Å². The first kappa shape index (κ1) is 14.7. The molecule has 4 heteroatoms. The van der Waals surface area contributed by atoms with Gasteiger partial charge in [-0.25, -0.2) is 0 Å². The lowest BCUT2D eigenvalue weighted by Gasteiger charge is -2.41. The first-order chi connectivity index (χ1) is 8.45. The number of rotatable bonds is 3. The van der Waals surface area contributed by atoms with Crippen LogP contribution in [0.25, 0.3) is 0 Å². The van der Waals surface area contributed by atoms with E-state index >= 15 is 0 Å². The number of hydrogen-bond donors (Lipinski definition) is 0. The maximum atomic E-state index is 2.72. The van der Waals surface area contributed by atoms with Crippen molar-refractivity contribution in [1.29, 1.82) is 0 Å². The molecule has 3 nitrogen and oxygen atoms in total. The molecule has 0 N–H and O–H groups in total. The van der Waals surface area contributed by atoms with Crippen LogP contribution in [0.1, 0.15) is 53.4 Å². The van der Waals surface area contributed by atoms with Crippen molar-refractivity contribution in [1.82, 2.24) is 14.0 Å². The van der Waals surface area contributed by atoms with E-state index in [1.165, 1.54) is 25.7 Å². The summed E-state index contributed by atoms with van der Waals surface area (Å²) in [7, 11) is 4.45. The summed E-state index contributed by atoms with van der Waals surface area (Å²) in [5.41, 5.74) is 0. The summed E-state index contributed by atoms with van der Waals surface area (Å²) in [6, 6.07) is 2.85. The first-order valence-corrected chi connectivity index (χ1v) is 8.69. The third-order valence-corrected chi connectivity index (χ3v) is 7.54. The van der Waals surface area contributed by atoms with Gasteiger partial charge in [-0.2, -0.15) is 0 Å². The van der Waals surface area contributed by atoms with E-state index in [0.717, 1.165) is 12.1 Å². The first-order valence-electron chi connectivity index (χ1n) is 7.49. The molecule has 18 heavy (non-hydrogen) atoms. The zero-order valence-electron chi connectivity index (χ0n) is 12.9. The highest BCUT2D eigenvalue weighted by Crippen LogP contribution is 2.58. The quantitative estimate of drug-likeness (QED) is 0.727. The summed E-state index contributed by atoms with van der Waals surface area (Å²) < 4.78 is 8.10. The molecule has 0 bridgehead atoms. The van der Waals surface area contributed by atoms with Gasteiger partial charge in [-0.1, -0.05) is 12.8 Å². The van der Waals surface area contributed by atoms with E-state index in [-0.39, 0.29) is 8.37 Å². The highest BCUT2D eigenvalue weighted by molar-refractivity contribution is 7.50. The summed E-state index contributed by atoms with van der Waals surface area (Å²) in [5, 5.41) is 0. The van der Waals surface area contributed by atoms with Gasteiger partial charge in [0.25, 0.3) is 0 Å². The molecule has 2 aliphatic rings. The molecular weight excluding hydrogens is 241 g/mol. The van der Waals surface area contributed by atoms with E-state index in [4.69, 9.17) is 0 Å². The van der Waals surface area contributed by atoms with Gasteiger partial charge in [0.2, 0.25) is 0 Å². The van der Waals surface area contributed by atoms with Crippen molar-refractivity contribution in [2.24, 2.45) is 0 Å². The zero-order chi connectivity index (χ0) is 13.4. The van der Waals surface area contributed by atoms with Gasteiger partial charge < -0.3 is 0 Å². The van der Waals surface area contributed by atoms with E-state index in [0.29, 0.717) is 12.1 Å². The highest BCUT2D eigenvalue weighted by Gasteiger charge is 2.47. The summed E-state index contributed by atoms with van der Waals surface area (Å²) in [6.45, 7) is 9.36. The minimum atomic E-state index is -0.260. The standard InChI is InChI=1S/C14H30N3P/c1-11(2)17(12(3)4)18-15(5)13-9-7-8-10-14(13)16(18)6/h11-14H,7-10H2,1-6H3/t13-,14-/m1/s1. The normalized spacial score (nSPS) is 31.8. The van der Waals surface area contributed by atoms with Crippen molar-refractivity contribution < 1.29 is 0 Å². The van der Waals surface area contributed by atoms with Crippen molar-refractivity contribution >= 4 is 8.37 Å². The highest BCUT2D eigenvalue weighted by atomic mass is 31.2. The number of nitrogens with zero attached hydrogens (tertiary/aromatic N) is 3. The van der Waals surface area contributed by atoms with E-state index < -0.39 is 0 Å². The van der Waals surface area contributed by atoms with E-state index in [2.05, 4.69) is 55.8 Å². The number of fused-ring (bicyclic) bond motifs is 1. The largest absolute Gasteiger partial charge is 0.256 e. The van der Waals surface area contributed by atoms with Gasteiger partial charge in [-0.3, -0.25) is 14.0 Å². The van der Waals surface area contributed by atoms with Crippen LogP contribution in [-0.2, 0) is 0 Å². The van der Waals surface area contributed by atoms with Gasteiger partial charge in [0.1, 0.15) is 8.37 Å². The Morgan fingerprint density at radius 2 is 1.28 bits per heavy atom. The van der Waals surface area contributed by atoms with Gasteiger partial charge >= 0.3 is 0 Å². The van der Waals surface area contributed by atoms with Crippen LogP contribution in [0.3, 0.4) is 0 Å². The molecule has 1 aliphatic carbocycles. The SMILES string of the molecule is CC(C)N(C(C)C)P1N(C)[C@@H]2CCCC[C@H]2N1C. The molecule has 0 aromatic carbocycles. The van der Waals surface area contributed by atoms with Crippen LogP contribution in [0.15, 0.2) is 0 Å². The van der Waals surface area contributed by atoms with Crippen molar-refractivity contribution in [3.05, 3.63) is 0 Å². The second-order valence-electron chi connectivity index (χ2n) is 6.40. The lowest BCUT2D eigenvalue weighted by atomic mass is 9.91. The topological polar surface area (TPSA) is 9.72 Å². The van der Waals surface area contributed by atoms with Gasteiger partial charge in [0.05, 0.1) is 0 Å². The fourth-order valence-corrected chi connectivity index (χ4v) is 6.78. The Morgan fingerprint density at radius 3 is 1.61 bits per heavy atom. The van der Waals surface area contributed by atoms with Crippen molar-refractivity contribution in [2.75, 3.05) is 14.1 Å². The molecule has 106 valence electrons. The third kappa shape index (κ3) is 2.47. The summed E-state index contributed by atoms with van der Waals surface area (Å²) in [4.78, 5) is 0. The van der Waals surface area contributed by atoms with Crippen LogP contribution < -0.4 is 0 Å². The van der Waals surface area contributed by atoms with Crippen molar-refractivity contribution in [3.8, 4) is 0 Å². The number of likely N-dealkylation sites (N-methyl/N-ethyl adjacent to an activating group) is 2. The molecule has 2 rings (SSSR count). The van der Waals surface area contributed by atoms with Crippen LogP contribution in [-0.4, -0.2) is 52.3 Å². The predicted molar refractivity (Wildman–Crippen MR) is 80.6 cm³/mol. The molecule has 0 spiro atoms. The molecule has 0 aromatic rings. The monoisotopic (exact) mass is 271 g/mol. The molecule has 0 amide bonds. The molecule has 0 radical (unpaired) electrons. The molecule has 1 aliphatic heterocycles. The van der Waals surface area contributed by atoms with Gasteiger partial charge in [-0.15, -0.1) is 0 Å². The Labute approximate surface area is 114 Å². The fraction of sp³-hybridized carbons (Fsp3) is 1.00. The van der Waals surface area contributed by atoms with Crippen LogP contribution >= 0.6 is 8.37 Å². The lowest BCUT2D eigenvalue weighted by Crippen LogP contribution is -2.38. The van der Waals surface area contributed by atoms with Gasteiger partial charge in [-0.05, 0) is 54.6 Å². The van der Waals surface area contributed by atoms with Gasteiger partial charge in [0, 0.05) is 24.2 Å².